The van der Waals surface area contributed by atoms with Gasteiger partial charge in [0.2, 0.25) is 5.91 Å². The van der Waals surface area contributed by atoms with Crippen molar-refractivity contribution < 1.29 is 4.79 Å². The lowest BCUT2D eigenvalue weighted by Gasteiger charge is -2.39. The molecule has 14 heavy (non-hydrogen) atoms. The van der Waals surface area contributed by atoms with Gasteiger partial charge in [-0.25, -0.2) is 0 Å². The fourth-order valence-corrected chi connectivity index (χ4v) is 1.96. The molecule has 1 saturated heterocycles. The molecule has 0 aromatic carbocycles. The Kier molecular flexibility index (Phi) is 3.50. The second-order valence-corrected chi connectivity index (χ2v) is 4.57. The molecule has 0 saturated carbocycles. The van der Waals surface area contributed by atoms with Crippen LogP contribution in [0.1, 0.15) is 33.6 Å². The Bertz CT molecular complexity index is 207. The lowest BCUT2D eigenvalue weighted by molar-refractivity contribution is -0.125. The Morgan fingerprint density at radius 3 is 2.64 bits per heavy atom. The summed E-state index contributed by atoms with van der Waals surface area (Å²) in [6.07, 6.45) is 1.82. The van der Waals surface area contributed by atoms with Crippen molar-refractivity contribution in [3.63, 3.8) is 0 Å². The maximum atomic E-state index is 11.4. The fraction of sp³-hybridized carbons (Fsp3) is 0.900. The molecule has 1 rings (SSSR count). The number of carbonyl (C=O) groups excluding carboxylic acids is 1. The first-order valence-corrected chi connectivity index (χ1v) is 5.27. The normalized spacial score (nSPS) is 33.3. The van der Waals surface area contributed by atoms with Gasteiger partial charge in [0.1, 0.15) is 5.54 Å². The second kappa shape index (κ2) is 4.28. The van der Waals surface area contributed by atoms with Gasteiger partial charge in [-0.1, -0.05) is 0 Å². The molecule has 0 bridgehead atoms. The van der Waals surface area contributed by atoms with E-state index in [1.165, 1.54) is 0 Å². The van der Waals surface area contributed by atoms with Crippen LogP contribution in [0.4, 0.5) is 0 Å². The average molecular weight is 199 g/mol. The molecule has 4 heteroatoms. The number of carbonyl (C=O) groups is 1. The van der Waals surface area contributed by atoms with Crippen molar-refractivity contribution in [2.45, 2.75) is 51.2 Å². The highest BCUT2D eigenvalue weighted by Gasteiger charge is 2.39. The zero-order valence-corrected chi connectivity index (χ0v) is 9.26. The van der Waals surface area contributed by atoms with Gasteiger partial charge in [0.15, 0.2) is 0 Å². The topological polar surface area (TPSA) is 67.1 Å². The van der Waals surface area contributed by atoms with Crippen LogP contribution >= 0.6 is 0 Å². The summed E-state index contributed by atoms with van der Waals surface area (Å²) in [6, 6.07) is 0.758. The maximum absolute atomic E-state index is 11.4. The number of rotatable bonds is 3. The fourth-order valence-electron chi connectivity index (χ4n) is 1.96. The van der Waals surface area contributed by atoms with Gasteiger partial charge in [-0.2, -0.15) is 0 Å². The summed E-state index contributed by atoms with van der Waals surface area (Å²) in [4.78, 5) is 11.4. The van der Waals surface area contributed by atoms with E-state index < -0.39 is 5.54 Å². The van der Waals surface area contributed by atoms with Crippen molar-refractivity contribution >= 4 is 5.91 Å². The van der Waals surface area contributed by atoms with E-state index in [1.807, 2.05) is 13.8 Å². The van der Waals surface area contributed by atoms with E-state index in [2.05, 4.69) is 17.6 Å². The number of hydrogen-bond donors (Lipinski definition) is 3. The van der Waals surface area contributed by atoms with Crippen LogP contribution in [-0.2, 0) is 4.79 Å². The standard InChI is InChI=1S/C10H21N3O/c1-7(2)13-10(9(11)14)5-4-8(3)12-6-10/h7-8,12-13H,4-6H2,1-3H3,(H2,11,14). The molecule has 4 nitrogen and oxygen atoms in total. The van der Waals surface area contributed by atoms with Crippen LogP contribution in [-0.4, -0.2) is 30.1 Å². The molecule has 0 spiro atoms. The summed E-state index contributed by atoms with van der Waals surface area (Å²) >= 11 is 0. The molecule has 1 aliphatic rings. The highest BCUT2D eigenvalue weighted by molar-refractivity contribution is 5.85. The van der Waals surface area contributed by atoms with E-state index in [1.54, 1.807) is 0 Å². The van der Waals surface area contributed by atoms with E-state index in [0.717, 1.165) is 12.8 Å². The largest absolute Gasteiger partial charge is 0.368 e. The zero-order chi connectivity index (χ0) is 10.8. The third kappa shape index (κ3) is 2.45. The monoisotopic (exact) mass is 199 g/mol. The molecule has 0 aromatic heterocycles. The van der Waals surface area contributed by atoms with Crippen molar-refractivity contribution in [1.29, 1.82) is 0 Å². The van der Waals surface area contributed by atoms with Crippen molar-refractivity contribution in [1.82, 2.24) is 10.6 Å². The molecule has 2 atom stereocenters. The molecule has 0 aliphatic carbocycles. The number of nitrogens with two attached hydrogens (primary N) is 1. The third-order valence-corrected chi connectivity index (χ3v) is 2.79. The van der Waals surface area contributed by atoms with Crippen molar-refractivity contribution in [3.8, 4) is 0 Å². The zero-order valence-electron chi connectivity index (χ0n) is 9.26. The SMILES string of the molecule is CC(C)NC1(C(N)=O)CCC(C)NC1. The highest BCUT2D eigenvalue weighted by Crippen LogP contribution is 2.19. The number of hydrogen-bond acceptors (Lipinski definition) is 3. The lowest BCUT2D eigenvalue weighted by Crippen LogP contribution is -2.66. The molecular weight excluding hydrogens is 178 g/mol. The second-order valence-electron chi connectivity index (χ2n) is 4.57. The Morgan fingerprint density at radius 1 is 1.64 bits per heavy atom. The Labute approximate surface area is 85.6 Å². The van der Waals surface area contributed by atoms with Crippen molar-refractivity contribution in [2.24, 2.45) is 5.73 Å². The van der Waals surface area contributed by atoms with Crippen LogP contribution in [0.15, 0.2) is 0 Å². The smallest absolute Gasteiger partial charge is 0.239 e. The molecule has 4 N–H and O–H groups in total. The first-order chi connectivity index (χ1) is 6.46. The van der Waals surface area contributed by atoms with Gasteiger partial charge in [-0.3, -0.25) is 4.79 Å². The van der Waals surface area contributed by atoms with Gasteiger partial charge in [-0.15, -0.1) is 0 Å². The summed E-state index contributed by atoms with van der Waals surface area (Å²) in [5.41, 5.74) is 4.91. The Hall–Kier alpha value is -0.610. The summed E-state index contributed by atoms with van der Waals surface area (Å²) in [5.74, 6) is -0.245. The third-order valence-electron chi connectivity index (χ3n) is 2.79. The van der Waals surface area contributed by atoms with Gasteiger partial charge >= 0.3 is 0 Å². The minimum Gasteiger partial charge on any atom is -0.368 e. The maximum Gasteiger partial charge on any atom is 0.239 e. The Morgan fingerprint density at radius 2 is 2.29 bits per heavy atom. The van der Waals surface area contributed by atoms with E-state index in [9.17, 15) is 4.79 Å². The van der Waals surface area contributed by atoms with Crippen LogP contribution in [0.2, 0.25) is 0 Å². The van der Waals surface area contributed by atoms with Crippen LogP contribution in [0.25, 0.3) is 0 Å². The van der Waals surface area contributed by atoms with Crippen molar-refractivity contribution in [3.05, 3.63) is 0 Å². The van der Waals surface area contributed by atoms with Gasteiger partial charge in [-0.05, 0) is 33.6 Å². The molecule has 1 aliphatic heterocycles. The van der Waals surface area contributed by atoms with Crippen LogP contribution in [0.5, 0.6) is 0 Å². The number of amides is 1. The summed E-state index contributed by atoms with van der Waals surface area (Å²) in [6.45, 7) is 6.83. The van der Waals surface area contributed by atoms with Crippen LogP contribution in [0, 0.1) is 0 Å². The predicted molar refractivity (Wildman–Crippen MR) is 56.9 cm³/mol. The first-order valence-electron chi connectivity index (χ1n) is 5.27. The highest BCUT2D eigenvalue weighted by atomic mass is 16.1. The number of nitrogens with one attached hydrogen (secondary N) is 2. The molecule has 82 valence electrons. The van der Waals surface area contributed by atoms with E-state index >= 15 is 0 Å². The summed E-state index contributed by atoms with van der Waals surface area (Å²) in [5, 5.41) is 6.57. The van der Waals surface area contributed by atoms with Gasteiger partial charge < -0.3 is 16.4 Å². The molecule has 1 heterocycles. The molecule has 0 aromatic rings. The predicted octanol–water partition coefficient (Wildman–Crippen LogP) is -0.0196. The molecule has 0 radical (unpaired) electrons. The lowest BCUT2D eigenvalue weighted by atomic mass is 9.86. The van der Waals surface area contributed by atoms with E-state index in [0.29, 0.717) is 12.6 Å². The van der Waals surface area contributed by atoms with Gasteiger partial charge in [0.25, 0.3) is 0 Å². The van der Waals surface area contributed by atoms with Crippen LogP contribution < -0.4 is 16.4 Å². The minimum absolute atomic E-state index is 0.245. The first kappa shape index (κ1) is 11.5. The molecule has 2 unspecified atom stereocenters. The average Bonchev–Trinajstić information content (AvgIpc) is 2.08. The number of piperidine rings is 1. The van der Waals surface area contributed by atoms with E-state index in [4.69, 9.17) is 5.73 Å². The van der Waals surface area contributed by atoms with Gasteiger partial charge in [0.05, 0.1) is 0 Å². The van der Waals surface area contributed by atoms with Crippen molar-refractivity contribution in [2.75, 3.05) is 6.54 Å². The Balaban J connectivity index is 2.68. The number of primary amides is 1. The molecule has 1 amide bonds. The van der Waals surface area contributed by atoms with Gasteiger partial charge in [0, 0.05) is 18.6 Å². The summed E-state index contributed by atoms with van der Waals surface area (Å²) in [7, 11) is 0. The van der Waals surface area contributed by atoms with E-state index in [-0.39, 0.29) is 11.9 Å². The van der Waals surface area contributed by atoms with Crippen LogP contribution in [0.3, 0.4) is 0 Å². The summed E-state index contributed by atoms with van der Waals surface area (Å²) < 4.78 is 0. The minimum atomic E-state index is -0.541. The molecular formula is C10H21N3O. The quantitative estimate of drug-likeness (QED) is 0.598. The molecule has 1 fully saturated rings.